The molecule has 2 rings (SSSR count). The van der Waals surface area contributed by atoms with E-state index in [2.05, 4.69) is 26.0 Å². The second-order valence-corrected chi connectivity index (χ2v) is 8.60. The molecule has 2 aromatic carbocycles. The van der Waals surface area contributed by atoms with Gasteiger partial charge < -0.3 is 10.1 Å². The van der Waals surface area contributed by atoms with E-state index in [0.717, 1.165) is 5.56 Å². The SMILES string of the molecule is COc1ccc(NC(=O)C(C)C)cc1S(=O)(=O)Nc1cc(C)ccc1Br. The second kappa shape index (κ2) is 8.09. The van der Waals surface area contributed by atoms with E-state index >= 15 is 0 Å². The van der Waals surface area contributed by atoms with Gasteiger partial charge in [0.1, 0.15) is 10.6 Å². The molecule has 2 N–H and O–H groups in total. The van der Waals surface area contributed by atoms with Crippen LogP contribution < -0.4 is 14.8 Å². The maximum Gasteiger partial charge on any atom is 0.265 e. The monoisotopic (exact) mass is 440 g/mol. The quantitative estimate of drug-likeness (QED) is 0.705. The Balaban J connectivity index is 2.43. The molecule has 1 amide bonds. The minimum atomic E-state index is -3.93. The number of methoxy groups -OCH3 is 1. The van der Waals surface area contributed by atoms with Crippen LogP contribution in [0.25, 0.3) is 0 Å². The van der Waals surface area contributed by atoms with E-state index in [1.54, 1.807) is 32.0 Å². The molecule has 6 nitrogen and oxygen atoms in total. The number of aryl methyl sites for hydroxylation is 1. The lowest BCUT2D eigenvalue weighted by Gasteiger charge is -2.15. The molecule has 0 saturated heterocycles. The van der Waals surface area contributed by atoms with E-state index in [1.807, 2.05) is 13.0 Å². The lowest BCUT2D eigenvalue weighted by atomic mass is 10.2. The van der Waals surface area contributed by atoms with Crippen LogP contribution in [0.4, 0.5) is 11.4 Å². The topological polar surface area (TPSA) is 84.5 Å². The second-order valence-electron chi connectivity index (χ2n) is 6.10. The number of sulfonamides is 1. The molecule has 8 heteroatoms. The third kappa shape index (κ3) is 4.76. The molecule has 0 aliphatic carbocycles. The van der Waals surface area contributed by atoms with Crippen molar-refractivity contribution in [3.63, 3.8) is 0 Å². The maximum atomic E-state index is 12.9. The van der Waals surface area contributed by atoms with E-state index in [0.29, 0.717) is 15.8 Å². The molecule has 0 unspecified atom stereocenters. The molecular weight excluding hydrogens is 420 g/mol. The van der Waals surface area contributed by atoms with Crippen LogP contribution in [0.3, 0.4) is 0 Å². The maximum absolute atomic E-state index is 12.9. The Morgan fingerprint density at radius 3 is 2.46 bits per heavy atom. The predicted octanol–water partition coefficient (Wildman–Crippen LogP) is 4.16. The van der Waals surface area contributed by atoms with Crippen molar-refractivity contribution in [3.05, 3.63) is 46.4 Å². The average molecular weight is 441 g/mol. The van der Waals surface area contributed by atoms with Crippen LogP contribution in [0.1, 0.15) is 19.4 Å². The minimum Gasteiger partial charge on any atom is -0.495 e. The van der Waals surface area contributed by atoms with Gasteiger partial charge in [-0.1, -0.05) is 19.9 Å². The summed E-state index contributed by atoms with van der Waals surface area (Å²) in [6.45, 7) is 5.38. The minimum absolute atomic E-state index is 0.0602. The molecule has 0 aliphatic heterocycles. The Morgan fingerprint density at radius 1 is 1.15 bits per heavy atom. The summed E-state index contributed by atoms with van der Waals surface area (Å²) < 4.78 is 34.1. The molecular formula is C18H21BrN2O4S. The van der Waals surface area contributed by atoms with Gasteiger partial charge in [0.2, 0.25) is 5.91 Å². The number of rotatable bonds is 6. The number of carbonyl (C=O) groups excluding carboxylic acids is 1. The summed E-state index contributed by atoms with van der Waals surface area (Å²) in [5.41, 5.74) is 1.72. The normalized spacial score (nSPS) is 11.3. The molecule has 0 atom stereocenters. The number of hydrogen-bond acceptors (Lipinski definition) is 4. The Morgan fingerprint density at radius 2 is 1.85 bits per heavy atom. The first-order valence-corrected chi connectivity index (χ1v) is 10.2. The Labute approximate surface area is 162 Å². The summed E-state index contributed by atoms with van der Waals surface area (Å²) >= 11 is 3.34. The third-order valence-electron chi connectivity index (χ3n) is 3.61. The molecule has 0 radical (unpaired) electrons. The lowest BCUT2D eigenvalue weighted by molar-refractivity contribution is -0.118. The molecule has 0 bridgehead atoms. The van der Waals surface area contributed by atoms with Crippen molar-refractivity contribution in [3.8, 4) is 5.75 Å². The van der Waals surface area contributed by atoms with E-state index in [-0.39, 0.29) is 22.5 Å². The van der Waals surface area contributed by atoms with Crippen LogP contribution in [0.15, 0.2) is 45.8 Å². The first-order chi connectivity index (χ1) is 12.1. The van der Waals surface area contributed by atoms with Crippen LogP contribution in [0, 0.1) is 12.8 Å². The van der Waals surface area contributed by atoms with Gasteiger partial charge in [0.15, 0.2) is 0 Å². The molecule has 0 fully saturated rings. The van der Waals surface area contributed by atoms with E-state index in [9.17, 15) is 13.2 Å². The van der Waals surface area contributed by atoms with Crippen molar-refractivity contribution in [1.29, 1.82) is 0 Å². The number of nitrogens with one attached hydrogen (secondary N) is 2. The van der Waals surface area contributed by atoms with E-state index < -0.39 is 10.0 Å². The fourth-order valence-corrected chi connectivity index (χ4v) is 3.91. The molecule has 140 valence electrons. The molecule has 0 aliphatic rings. The van der Waals surface area contributed by atoms with Gasteiger partial charge in [-0.15, -0.1) is 0 Å². The Hall–Kier alpha value is -2.06. The number of ether oxygens (including phenoxy) is 1. The van der Waals surface area contributed by atoms with Gasteiger partial charge in [-0.3, -0.25) is 9.52 Å². The smallest absolute Gasteiger partial charge is 0.265 e. The first-order valence-electron chi connectivity index (χ1n) is 7.92. The van der Waals surface area contributed by atoms with Crippen molar-refractivity contribution in [2.75, 3.05) is 17.1 Å². The summed E-state index contributed by atoms with van der Waals surface area (Å²) in [4.78, 5) is 11.8. The zero-order valence-corrected chi connectivity index (χ0v) is 17.4. The average Bonchev–Trinajstić information content (AvgIpc) is 2.57. The number of hydrogen-bond donors (Lipinski definition) is 2. The van der Waals surface area contributed by atoms with Gasteiger partial charge in [0.05, 0.1) is 12.8 Å². The first kappa shape index (κ1) is 20.3. The van der Waals surface area contributed by atoms with E-state index in [1.165, 1.54) is 19.2 Å². The Kier molecular flexibility index (Phi) is 6.30. The van der Waals surface area contributed by atoms with Gasteiger partial charge in [-0.2, -0.15) is 0 Å². The Bertz CT molecular complexity index is 927. The van der Waals surface area contributed by atoms with Gasteiger partial charge in [0, 0.05) is 16.1 Å². The highest BCUT2D eigenvalue weighted by molar-refractivity contribution is 9.10. The summed E-state index contributed by atoms with van der Waals surface area (Å²) in [7, 11) is -2.54. The van der Waals surface area contributed by atoms with Crippen molar-refractivity contribution >= 4 is 43.2 Å². The summed E-state index contributed by atoms with van der Waals surface area (Å²) in [5, 5.41) is 2.69. The van der Waals surface area contributed by atoms with Crippen LogP contribution in [0.5, 0.6) is 5.75 Å². The molecule has 0 saturated carbocycles. The number of carbonyl (C=O) groups is 1. The number of amides is 1. The van der Waals surface area contributed by atoms with Crippen molar-refractivity contribution in [1.82, 2.24) is 0 Å². The highest BCUT2D eigenvalue weighted by atomic mass is 79.9. The predicted molar refractivity (Wildman–Crippen MR) is 106 cm³/mol. The van der Waals surface area contributed by atoms with Gasteiger partial charge in [0.25, 0.3) is 10.0 Å². The van der Waals surface area contributed by atoms with Crippen molar-refractivity contribution in [2.24, 2.45) is 5.92 Å². The molecule has 2 aromatic rings. The largest absolute Gasteiger partial charge is 0.495 e. The number of anilines is 2. The molecule has 0 spiro atoms. The van der Waals surface area contributed by atoms with Gasteiger partial charge in [-0.05, 0) is 58.7 Å². The molecule has 26 heavy (non-hydrogen) atoms. The summed E-state index contributed by atoms with van der Waals surface area (Å²) in [6, 6.07) is 9.84. The van der Waals surface area contributed by atoms with Gasteiger partial charge in [-0.25, -0.2) is 8.42 Å². The highest BCUT2D eigenvalue weighted by Crippen LogP contribution is 2.31. The van der Waals surface area contributed by atoms with Crippen LogP contribution >= 0.6 is 15.9 Å². The van der Waals surface area contributed by atoms with Gasteiger partial charge >= 0.3 is 0 Å². The number of benzene rings is 2. The van der Waals surface area contributed by atoms with E-state index in [4.69, 9.17) is 4.74 Å². The molecule has 0 heterocycles. The zero-order valence-electron chi connectivity index (χ0n) is 15.0. The zero-order chi connectivity index (χ0) is 19.5. The van der Waals surface area contributed by atoms with Crippen LogP contribution in [-0.4, -0.2) is 21.4 Å². The van der Waals surface area contributed by atoms with Crippen LogP contribution in [-0.2, 0) is 14.8 Å². The third-order valence-corrected chi connectivity index (χ3v) is 5.69. The van der Waals surface area contributed by atoms with Crippen molar-refractivity contribution < 1.29 is 17.9 Å². The molecule has 0 aromatic heterocycles. The highest BCUT2D eigenvalue weighted by Gasteiger charge is 2.22. The fraction of sp³-hybridized carbons (Fsp3) is 0.278. The summed E-state index contributed by atoms with van der Waals surface area (Å²) in [6.07, 6.45) is 0. The number of halogens is 1. The lowest BCUT2D eigenvalue weighted by Crippen LogP contribution is -2.19. The van der Waals surface area contributed by atoms with Crippen LogP contribution in [0.2, 0.25) is 0 Å². The summed E-state index contributed by atoms with van der Waals surface area (Å²) in [5.74, 6) is -0.241. The fourth-order valence-electron chi connectivity index (χ4n) is 2.17. The van der Waals surface area contributed by atoms with Crippen molar-refractivity contribution in [2.45, 2.75) is 25.7 Å². The standard InChI is InChI=1S/C18H21BrN2O4S/c1-11(2)18(22)20-13-6-8-16(25-4)17(10-13)26(23,24)21-15-9-12(3)5-7-14(15)19/h5-11,21H,1-4H3,(H,20,22).